The number of benzene rings is 2. The van der Waals surface area contributed by atoms with Gasteiger partial charge in [0.2, 0.25) is 0 Å². The number of likely N-dealkylation sites (N-methyl/N-ethyl adjacent to an activating group) is 1. The molecule has 0 saturated carbocycles. The van der Waals surface area contributed by atoms with Gasteiger partial charge < -0.3 is 10.1 Å². The zero-order chi connectivity index (χ0) is 14.5. The summed E-state index contributed by atoms with van der Waals surface area (Å²) in [5.41, 5.74) is 2.22. The fourth-order valence-corrected chi connectivity index (χ4v) is 2.55. The standard InChI is InChI=1S/C16H17BrFNO/c1-19-16(12-6-7-15(18)14(17)10-12)9-11-4-3-5-13(8-11)20-2/h3-8,10,16,19H,9H2,1-2H3. The van der Waals surface area contributed by atoms with Gasteiger partial charge in [-0.15, -0.1) is 0 Å². The Balaban J connectivity index is 2.21. The summed E-state index contributed by atoms with van der Waals surface area (Å²) < 4.78 is 19.0. The van der Waals surface area contributed by atoms with Crippen molar-refractivity contribution in [2.45, 2.75) is 12.5 Å². The average Bonchev–Trinajstić information content (AvgIpc) is 2.48. The molecule has 1 N–H and O–H groups in total. The number of methoxy groups -OCH3 is 1. The zero-order valence-corrected chi connectivity index (χ0v) is 13.1. The van der Waals surface area contributed by atoms with Crippen LogP contribution in [0.4, 0.5) is 4.39 Å². The summed E-state index contributed by atoms with van der Waals surface area (Å²) in [6.45, 7) is 0. The molecule has 1 unspecified atom stereocenters. The highest BCUT2D eigenvalue weighted by Crippen LogP contribution is 2.25. The first kappa shape index (κ1) is 15.0. The number of ether oxygens (including phenoxy) is 1. The molecule has 2 rings (SSSR count). The second kappa shape index (κ2) is 6.86. The molecule has 0 radical (unpaired) electrons. The van der Waals surface area contributed by atoms with Crippen LogP contribution in [0.1, 0.15) is 17.2 Å². The molecule has 0 saturated heterocycles. The minimum atomic E-state index is -0.245. The van der Waals surface area contributed by atoms with Crippen LogP contribution in [0.25, 0.3) is 0 Å². The van der Waals surface area contributed by atoms with Gasteiger partial charge in [0.25, 0.3) is 0 Å². The predicted octanol–water partition coefficient (Wildman–Crippen LogP) is 4.10. The maximum Gasteiger partial charge on any atom is 0.137 e. The molecule has 0 aliphatic heterocycles. The lowest BCUT2D eigenvalue weighted by Crippen LogP contribution is -2.19. The lowest BCUT2D eigenvalue weighted by Gasteiger charge is -2.17. The molecule has 2 nitrogen and oxygen atoms in total. The highest BCUT2D eigenvalue weighted by molar-refractivity contribution is 9.10. The minimum Gasteiger partial charge on any atom is -0.497 e. The summed E-state index contributed by atoms with van der Waals surface area (Å²) >= 11 is 3.23. The van der Waals surface area contributed by atoms with Crippen LogP contribution in [-0.4, -0.2) is 14.2 Å². The lowest BCUT2D eigenvalue weighted by atomic mass is 9.99. The van der Waals surface area contributed by atoms with Gasteiger partial charge in [0.1, 0.15) is 11.6 Å². The molecule has 0 fully saturated rings. The Hall–Kier alpha value is -1.39. The summed E-state index contributed by atoms with van der Waals surface area (Å²) in [6.07, 6.45) is 0.811. The van der Waals surface area contributed by atoms with Crippen molar-refractivity contribution in [3.8, 4) is 5.75 Å². The van der Waals surface area contributed by atoms with E-state index < -0.39 is 0 Å². The number of nitrogens with one attached hydrogen (secondary N) is 1. The van der Waals surface area contributed by atoms with Crippen molar-refractivity contribution in [3.63, 3.8) is 0 Å². The summed E-state index contributed by atoms with van der Waals surface area (Å²) in [4.78, 5) is 0. The van der Waals surface area contributed by atoms with Gasteiger partial charge in [-0.25, -0.2) is 4.39 Å². The van der Waals surface area contributed by atoms with Crippen molar-refractivity contribution >= 4 is 15.9 Å². The van der Waals surface area contributed by atoms with Crippen LogP contribution in [0.15, 0.2) is 46.9 Å². The topological polar surface area (TPSA) is 21.3 Å². The molecule has 2 aromatic rings. The highest BCUT2D eigenvalue weighted by atomic mass is 79.9. The van der Waals surface area contributed by atoms with Crippen molar-refractivity contribution in [3.05, 3.63) is 63.9 Å². The number of hydrogen-bond acceptors (Lipinski definition) is 2. The van der Waals surface area contributed by atoms with Crippen LogP contribution in [-0.2, 0) is 6.42 Å². The molecular formula is C16H17BrFNO. The van der Waals surface area contributed by atoms with Gasteiger partial charge in [0, 0.05) is 6.04 Å². The Morgan fingerprint density at radius 1 is 1.25 bits per heavy atom. The first-order valence-electron chi connectivity index (χ1n) is 6.39. The van der Waals surface area contributed by atoms with Crippen LogP contribution in [0.5, 0.6) is 5.75 Å². The van der Waals surface area contributed by atoms with Crippen molar-refractivity contribution in [2.24, 2.45) is 0 Å². The van der Waals surface area contributed by atoms with Gasteiger partial charge >= 0.3 is 0 Å². The van der Waals surface area contributed by atoms with E-state index in [1.54, 1.807) is 13.2 Å². The van der Waals surface area contributed by atoms with Crippen LogP contribution in [0, 0.1) is 5.82 Å². The van der Waals surface area contributed by atoms with E-state index in [1.165, 1.54) is 11.6 Å². The van der Waals surface area contributed by atoms with Crippen LogP contribution in [0.3, 0.4) is 0 Å². The molecule has 20 heavy (non-hydrogen) atoms. The van der Waals surface area contributed by atoms with Crippen molar-refractivity contribution in [1.82, 2.24) is 5.32 Å². The Morgan fingerprint density at radius 3 is 2.70 bits per heavy atom. The van der Waals surface area contributed by atoms with Gasteiger partial charge in [-0.2, -0.15) is 0 Å². The molecule has 0 bridgehead atoms. The van der Waals surface area contributed by atoms with Crippen molar-refractivity contribution < 1.29 is 9.13 Å². The molecule has 106 valence electrons. The third-order valence-corrected chi connectivity index (χ3v) is 3.88. The Bertz CT molecular complexity index is 588. The molecular weight excluding hydrogens is 321 g/mol. The molecule has 0 aliphatic rings. The normalized spacial score (nSPS) is 12.2. The summed E-state index contributed by atoms with van der Waals surface area (Å²) in [6, 6.07) is 13.2. The Labute approximate surface area is 127 Å². The van der Waals surface area contributed by atoms with E-state index in [9.17, 15) is 4.39 Å². The minimum absolute atomic E-state index is 0.124. The fraction of sp³-hybridized carbons (Fsp3) is 0.250. The van der Waals surface area contributed by atoms with Crippen molar-refractivity contribution in [2.75, 3.05) is 14.2 Å². The second-order valence-corrected chi connectivity index (χ2v) is 5.42. The van der Waals surface area contributed by atoms with E-state index >= 15 is 0 Å². The quantitative estimate of drug-likeness (QED) is 0.886. The average molecular weight is 338 g/mol. The van der Waals surface area contributed by atoms with Gasteiger partial charge in [-0.3, -0.25) is 0 Å². The fourth-order valence-electron chi connectivity index (χ4n) is 2.15. The van der Waals surface area contributed by atoms with Gasteiger partial charge in [-0.05, 0) is 64.8 Å². The highest BCUT2D eigenvalue weighted by Gasteiger charge is 2.12. The molecule has 2 aromatic carbocycles. The van der Waals surface area contributed by atoms with E-state index in [0.29, 0.717) is 4.47 Å². The monoisotopic (exact) mass is 337 g/mol. The summed E-state index contributed by atoms with van der Waals surface area (Å²) in [5, 5.41) is 3.27. The van der Waals surface area contributed by atoms with E-state index in [-0.39, 0.29) is 11.9 Å². The third-order valence-electron chi connectivity index (χ3n) is 3.27. The maximum absolute atomic E-state index is 13.3. The predicted molar refractivity (Wildman–Crippen MR) is 82.6 cm³/mol. The zero-order valence-electron chi connectivity index (χ0n) is 11.5. The first-order valence-corrected chi connectivity index (χ1v) is 7.18. The molecule has 1 atom stereocenters. The van der Waals surface area contributed by atoms with Crippen molar-refractivity contribution in [1.29, 1.82) is 0 Å². The molecule has 4 heteroatoms. The van der Waals surface area contributed by atoms with E-state index in [2.05, 4.69) is 27.3 Å². The summed E-state index contributed by atoms with van der Waals surface area (Å²) in [7, 11) is 3.56. The van der Waals surface area contributed by atoms with Gasteiger partial charge in [0.15, 0.2) is 0 Å². The molecule has 0 aliphatic carbocycles. The number of halogens is 2. The Morgan fingerprint density at radius 2 is 2.05 bits per heavy atom. The molecule has 0 spiro atoms. The first-order chi connectivity index (χ1) is 9.63. The molecule has 0 amide bonds. The SMILES string of the molecule is CNC(Cc1cccc(OC)c1)c1ccc(F)c(Br)c1. The largest absolute Gasteiger partial charge is 0.497 e. The van der Waals surface area contributed by atoms with Gasteiger partial charge in [0.05, 0.1) is 11.6 Å². The smallest absolute Gasteiger partial charge is 0.137 e. The molecule has 0 heterocycles. The van der Waals surface area contributed by atoms with E-state index in [4.69, 9.17) is 4.74 Å². The van der Waals surface area contributed by atoms with Crippen LogP contribution in [0.2, 0.25) is 0 Å². The second-order valence-electron chi connectivity index (χ2n) is 4.57. The van der Waals surface area contributed by atoms with E-state index in [0.717, 1.165) is 17.7 Å². The van der Waals surface area contributed by atoms with Crippen LogP contribution >= 0.6 is 15.9 Å². The Kier molecular flexibility index (Phi) is 5.15. The van der Waals surface area contributed by atoms with Crippen LogP contribution < -0.4 is 10.1 Å². The lowest BCUT2D eigenvalue weighted by molar-refractivity contribution is 0.414. The summed E-state index contributed by atoms with van der Waals surface area (Å²) in [5.74, 6) is 0.600. The number of rotatable bonds is 5. The van der Waals surface area contributed by atoms with E-state index in [1.807, 2.05) is 31.3 Å². The number of hydrogen-bond donors (Lipinski definition) is 1. The molecule has 0 aromatic heterocycles. The van der Waals surface area contributed by atoms with Gasteiger partial charge in [-0.1, -0.05) is 18.2 Å². The third kappa shape index (κ3) is 3.58. The maximum atomic E-state index is 13.3.